The zero-order chi connectivity index (χ0) is 22.2. The molecule has 0 saturated carbocycles. The number of amides is 1. The predicted molar refractivity (Wildman–Crippen MR) is 121 cm³/mol. The fourth-order valence-corrected chi connectivity index (χ4v) is 4.72. The zero-order valence-electron chi connectivity index (χ0n) is 17.9. The monoisotopic (exact) mass is 444 g/mol. The van der Waals surface area contributed by atoms with Gasteiger partial charge in [-0.3, -0.25) is 4.79 Å². The smallest absolute Gasteiger partial charge is 0.221 e. The van der Waals surface area contributed by atoms with Crippen LogP contribution in [0, 0.1) is 6.92 Å². The molecule has 2 aliphatic rings. The van der Waals surface area contributed by atoms with E-state index in [4.69, 9.17) is 16.3 Å². The van der Waals surface area contributed by atoms with E-state index in [2.05, 4.69) is 10.2 Å². The Morgan fingerprint density at radius 1 is 1.29 bits per heavy atom. The quantitative estimate of drug-likeness (QED) is 0.664. The van der Waals surface area contributed by atoms with Gasteiger partial charge in [-0.15, -0.1) is 0 Å². The van der Waals surface area contributed by atoms with Crippen molar-refractivity contribution in [3.63, 3.8) is 0 Å². The first kappa shape index (κ1) is 22.1. The van der Waals surface area contributed by atoms with Crippen LogP contribution in [0.1, 0.15) is 55.1 Å². The first-order valence-corrected chi connectivity index (χ1v) is 11.1. The third-order valence-corrected chi connectivity index (χ3v) is 6.76. The molecule has 2 atom stereocenters. The molecule has 3 N–H and O–H groups in total. The highest BCUT2D eigenvalue weighted by molar-refractivity contribution is 6.31. The molecule has 2 aromatic rings. The van der Waals surface area contributed by atoms with Crippen molar-refractivity contribution >= 4 is 23.2 Å². The second-order valence-electron chi connectivity index (χ2n) is 8.76. The minimum Gasteiger partial charge on any atom is -0.487 e. The molecule has 0 aliphatic carbocycles. The molecule has 2 aromatic carbocycles. The maximum atomic E-state index is 11.1. The van der Waals surface area contributed by atoms with Gasteiger partial charge in [-0.25, -0.2) is 0 Å². The molecule has 0 bridgehead atoms. The number of anilines is 1. The number of aryl methyl sites for hydroxylation is 1. The highest BCUT2D eigenvalue weighted by Gasteiger charge is 2.43. The lowest BCUT2D eigenvalue weighted by atomic mass is 9.81. The zero-order valence-corrected chi connectivity index (χ0v) is 18.7. The van der Waals surface area contributed by atoms with E-state index in [1.807, 2.05) is 31.2 Å². The van der Waals surface area contributed by atoms with Gasteiger partial charge < -0.3 is 25.2 Å². The van der Waals surface area contributed by atoms with Crippen LogP contribution in [0.15, 0.2) is 36.4 Å². The van der Waals surface area contributed by atoms with Crippen molar-refractivity contribution < 1.29 is 19.7 Å². The van der Waals surface area contributed by atoms with Crippen molar-refractivity contribution in [2.24, 2.45) is 0 Å². The highest BCUT2D eigenvalue weighted by Crippen LogP contribution is 2.45. The SMILES string of the molecule is CC(=O)Nc1ccc([C@@H](O)CN2CCC3(CC2)C[C@@H](O)c2cc(Cl)c(C)cc2O3)cc1. The number of nitrogens with zero attached hydrogens (tertiary/aromatic N) is 1. The van der Waals surface area contributed by atoms with Crippen LogP contribution in [0.2, 0.25) is 5.02 Å². The third-order valence-electron chi connectivity index (χ3n) is 6.36. The summed E-state index contributed by atoms with van der Waals surface area (Å²) in [6.07, 6.45) is 0.948. The molecule has 31 heavy (non-hydrogen) atoms. The van der Waals surface area contributed by atoms with Gasteiger partial charge in [-0.05, 0) is 55.2 Å². The summed E-state index contributed by atoms with van der Waals surface area (Å²) in [7, 11) is 0. The summed E-state index contributed by atoms with van der Waals surface area (Å²) in [5.41, 5.74) is 2.86. The van der Waals surface area contributed by atoms with E-state index in [0.29, 0.717) is 23.7 Å². The van der Waals surface area contributed by atoms with Gasteiger partial charge in [0.25, 0.3) is 0 Å². The van der Waals surface area contributed by atoms with Crippen molar-refractivity contribution in [3.05, 3.63) is 58.1 Å². The molecule has 1 amide bonds. The normalized spacial score (nSPS) is 21.3. The molecule has 4 rings (SSSR count). The number of carbonyl (C=O) groups excluding carboxylic acids is 1. The average molecular weight is 445 g/mol. The molecular weight excluding hydrogens is 416 g/mol. The Morgan fingerprint density at radius 3 is 2.61 bits per heavy atom. The number of fused-ring (bicyclic) bond motifs is 1. The lowest BCUT2D eigenvalue weighted by molar-refractivity contribution is -0.114. The van der Waals surface area contributed by atoms with E-state index in [9.17, 15) is 15.0 Å². The van der Waals surface area contributed by atoms with Crippen LogP contribution >= 0.6 is 11.6 Å². The van der Waals surface area contributed by atoms with Gasteiger partial charge in [0.1, 0.15) is 11.4 Å². The molecule has 0 radical (unpaired) electrons. The Hall–Kier alpha value is -2.12. The van der Waals surface area contributed by atoms with E-state index in [1.165, 1.54) is 6.92 Å². The van der Waals surface area contributed by atoms with Crippen LogP contribution < -0.4 is 10.1 Å². The van der Waals surface area contributed by atoms with Gasteiger partial charge >= 0.3 is 0 Å². The first-order valence-electron chi connectivity index (χ1n) is 10.7. The van der Waals surface area contributed by atoms with Crippen LogP contribution in [0.25, 0.3) is 0 Å². The van der Waals surface area contributed by atoms with Crippen molar-refractivity contribution in [2.45, 2.75) is 50.9 Å². The summed E-state index contributed by atoms with van der Waals surface area (Å²) in [5, 5.41) is 24.8. The molecule has 1 fully saturated rings. The number of hydrogen-bond donors (Lipinski definition) is 3. The number of rotatable bonds is 4. The van der Waals surface area contributed by atoms with Gasteiger partial charge in [-0.2, -0.15) is 0 Å². The number of benzene rings is 2. The van der Waals surface area contributed by atoms with E-state index in [1.54, 1.807) is 12.1 Å². The predicted octanol–water partition coefficient (Wildman–Crippen LogP) is 3.99. The number of hydrogen-bond acceptors (Lipinski definition) is 5. The Bertz CT molecular complexity index is 955. The van der Waals surface area contributed by atoms with E-state index < -0.39 is 12.2 Å². The molecule has 2 aliphatic heterocycles. The second kappa shape index (κ2) is 8.79. The molecule has 166 valence electrons. The van der Waals surface area contributed by atoms with Crippen molar-refractivity contribution in [2.75, 3.05) is 25.0 Å². The molecule has 2 heterocycles. The molecule has 0 aromatic heterocycles. The van der Waals surface area contributed by atoms with E-state index >= 15 is 0 Å². The van der Waals surface area contributed by atoms with Crippen LogP contribution in [-0.4, -0.2) is 46.3 Å². The number of aliphatic hydroxyl groups excluding tert-OH is 2. The van der Waals surface area contributed by atoms with Gasteiger partial charge in [0.2, 0.25) is 5.91 Å². The fourth-order valence-electron chi connectivity index (χ4n) is 4.55. The lowest BCUT2D eigenvalue weighted by Crippen LogP contribution is -2.51. The maximum Gasteiger partial charge on any atom is 0.221 e. The van der Waals surface area contributed by atoms with Gasteiger partial charge in [-0.1, -0.05) is 23.7 Å². The van der Waals surface area contributed by atoms with E-state index in [-0.39, 0.29) is 11.5 Å². The molecular formula is C24H29ClN2O4. The number of carbonyl (C=O) groups is 1. The summed E-state index contributed by atoms with van der Waals surface area (Å²) < 4.78 is 6.41. The van der Waals surface area contributed by atoms with Gasteiger partial charge in [0.05, 0.1) is 12.2 Å². The number of likely N-dealkylation sites (tertiary alicyclic amines) is 1. The number of halogens is 1. The standard InChI is InChI=1S/C24H29ClN2O4/c1-15-11-23-19(12-20(15)25)21(29)13-24(31-23)7-9-27(10-8-24)14-22(30)17-3-5-18(6-4-17)26-16(2)28/h3-6,11-12,21-22,29-30H,7-10,13-14H2,1-2H3,(H,26,28)/t21-,22+/m1/s1. The minimum absolute atomic E-state index is 0.119. The van der Waals surface area contributed by atoms with Crippen LogP contribution in [0.5, 0.6) is 5.75 Å². The summed E-state index contributed by atoms with van der Waals surface area (Å²) in [6, 6.07) is 11.0. The number of ether oxygens (including phenoxy) is 1. The molecule has 1 saturated heterocycles. The summed E-state index contributed by atoms with van der Waals surface area (Å²) in [4.78, 5) is 13.4. The van der Waals surface area contributed by atoms with Crippen LogP contribution in [0.3, 0.4) is 0 Å². The summed E-state index contributed by atoms with van der Waals surface area (Å²) in [6.45, 7) is 5.51. The number of aliphatic hydroxyl groups is 2. The number of β-amino-alcohol motifs (C(OH)–C–C–N with tert-alkyl or cyclic N) is 1. The van der Waals surface area contributed by atoms with E-state index in [0.717, 1.165) is 48.4 Å². The molecule has 0 unspecified atom stereocenters. The molecule has 6 nitrogen and oxygen atoms in total. The summed E-state index contributed by atoms with van der Waals surface area (Å²) >= 11 is 6.22. The summed E-state index contributed by atoms with van der Waals surface area (Å²) in [5.74, 6) is 0.611. The minimum atomic E-state index is -0.608. The van der Waals surface area contributed by atoms with Crippen LogP contribution in [0.4, 0.5) is 5.69 Å². The largest absolute Gasteiger partial charge is 0.487 e. The second-order valence-corrected chi connectivity index (χ2v) is 9.17. The third kappa shape index (κ3) is 4.88. The Labute approximate surface area is 187 Å². The topological polar surface area (TPSA) is 82.0 Å². The molecule has 1 spiro atoms. The lowest BCUT2D eigenvalue weighted by Gasteiger charge is -2.46. The van der Waals surface area contributed by atoms with Gasteiger partial charge in [0, 0.05) is 49.3 Å². The average Bonchev–Trinajstić information content (AvgIpc) is 2.72. The number of nitrogens with one attached hydrogen (secondary N) is 1. The maximum absolute atomic E-state index is 11.1. The van der Waals surface area contributed by atoms with Crippen LogP contribution in [-0.2, 0) is 4.79 Å². The highest BCUT2D eigenvalue weighted by atomic mass is 35.5. The Kier molecular flexibility index (Phi) is 6.26. The Morgan fingerprint density at radius 2 is 1.97 bits per heavy atom. The first-order chi connectivity index (χ1) is 14.7. The Balaban J connectivity index is 1.36. The van der Waals surface area contributed by atoms with Gasteiger partial charge in [0.15, 0.2) is 0 Å². The van der Waals surface area contributed by atoms with Crippen molar-refractivity contribution in [1.29, 1.82) is 0 Å². The fraction of sp³-hybridized carbons (Fsp3) is 0.458. The molecule has 7 heteroatoms. The van der Waals surface area contributed by atoms with Crippen molar-refractivity contribution in [3.8, 4) is 5.75 Å². The number of piperidine rings is 1. The van der Waals surface area contributed by atoms with Crippen molar-refractivity contribution in [1.82, 2.24) is 4.90 Å².